The quantitative estimate of drug-likeness (QED) is 0.818. The number of amides is 1. The number of nitrogens with one attached hydrogen (secondary N) is 1. The van der Waals surface area contributed by atoms with E-state index in [9.17, 15) is 4.79 Å². The van der Waals surface area contributed by atoms with Crippen LogP contribution in [0.3, 0.4) is 0 Å². The third kappa shape index (κ3) is 3.55. The van der Waals surface area contributed by atoms with E-state index in [1.807, 2.05) is 4.90 Å². The number of hydrogen-bond donors (Lipinski definition) is 1. The highest BCUT2D eigenvalue weighted by molar-refractivity contribution is 5.96. The summed E-state index contributed by atoms with van der Waals surface area (Å²) >= 11 is 0. The summed E-state index contributed by atoms with van der Waals surface area (Å²) in [5.41, 5.74) is 3.62. The maximum absolute atomic E-state index is 12.2. The van der Waals surface area contributed by atoms with Gasteiger partial charge in [0.05, 0.1) is 13.2 Å². The van der Waals surface area contributed by atoms with Gasteiger partial charge in [0.25, 0.3) is 0 Å². The first-order chi connectivity index (χ1) is 9.22. The summed E-state index contributed by atoms with van der Waals surface area (Å²) in [6.07, 6.45) is 2.11. The van der Waals surface area contributed by atoms with Crippen molar-refractivity contribution < 1.29 is 9.53 Å². The molecule has 0 aromatic heterocycles. The molecule has 0 bridgehead atoms. The molecule has 1 heterocycles. The average Bonchev–Trinajstić information content (AvgIpc) is 2.42. The molecule has 2 rings (SSSR count). The molecule has 1 aliphatic heterocycles. The van der Waals surface area contributed by atoms with E-state index in [2.05, 4.69) is 30.4 Å². The molecule has 1 amide bonds. The number of ether oxygens (including phenoxy) is 1. The lowest BCUT2D eigenvalue weighted by Gasteiger charge is -2.30. The highest BCUT2D eigenvalue weighted by Crippen LogP contribution is 2.27. The van der Waals surface area contributed by atoms with Gasteiger partial charge in [-0.1, -0.05) is 17.7 Å². The summed E-state index contributed by atoms with van der Waals surface area (Å²) in [4.78, 5) is 14.1. The van der Waals surface area contributed by atoms with Gasteiger partial charge in [-0.15, -0.1) is 0 Å². The van der Waals surface area contributed by atoms with Gasteiger partial charge in [0.1, 0.15) is 0 Å². The van der Waals surface area contributed by atoms with Gasteiger partial charge in [-0.3, -0.25) is 4.79 Å². The Kier molecular flexibility index (Phi) is 4.93. The highest BCUT2D eigenvalue weighted by Gasteiger charge is 2.21. The van der Waals surface area contributed by atoms with Gasteiger partial charge in [-0.05, 0) is 31.4 Å². The number of nitrogens with zero attached hydrogens (tertiary/aromatic N) is 1. The van der Waals surface area contributed by atoms with Crippen molar-refractivity contribution in [2.45, 2.75) is 19.8 Å². The average molecular weight is 262 g/mol. The zero-order valence-electron chi connectivity index (χ0n) is 11.7. The lowest BCUT2D eigenvalue weighted by molar-refractivity contribution is -0.117. The minimum atomic E-state index is 0.140. The number of anilines is 1. The Morgan fingerprint density at radius 2 is 2.32 bits per heavy atom. The van der Waals surface area contributed by atoms with Crippen LogP contribution >= 0.6 is 0 Å². The second-order valence-corrected chi connectivity index (χ2v) is 4.95. The number of hydrogen-bond acceptors (Lipinski definition) is 3. The largest absolute Gasteiger partial charge is 0.383 e. The van der Waals surface area contributed by atoms with Crippen molar-refractivity contribution in [2.24, 2.45) is 0 Å². The van der Waals surface area contributed by atoms with Gasteiger partial charge >= 0.3 is 0 Å². The van der Waals surface area contributed by atoms with E-state index in [0.717, 1.165) is 25.1 Å². The Bertz CT molecular complexity index is 446. The van der Waals surface area contributed by atoms with E-state index in [0.29, 0.717) is 19.7 Å². The lowest BCUT2D eigenvalue weighted by Crippen LogP contribution is -2.41. The maximum Gasteiger partial charge on any atom is 0.240 e. The molecule has 0 fully saturated rings. The van der Waals surface area contributed by atoms with E-state index in [1.54, 1.807) is 7.11 Å². The molecule has 0 saturated carbocycles. The van der Waals surface area contributed by atoms with Gasteiger partial charge in [0.2, 0.25) is 5.91 Å². The minimum absolute atomic E-state index is 0.140. The van der Waals surface area contributed by atoms with Crippen LogP contribution in [0.15, 0.2) is 18.2 Å². The van der Waals surface area contributed by atoms with Crippen LogP contribution < -0.4 is 10.2 Å². The molecule has 19 heavy (non-hydrogen) atoms. The van der Waals surface area contributed by atoms with Crippen LogP contribution in [0.4, 0.5) is 5.69 Å². The summed E-state index contributed by atoms with van der Waals surface area (Å²) < 4.78 is 4.95. The van der Waals surface area contributed by atoms with E-state index in [1.165, 1.54) is 11.1 Å². The fourth-order valence-electron chi connectivity index (χ4n) is 2.45. The first kappa shape index (κ1) is 14.0. The van der Waals surface area contributed by atoms with Crippen molar-refractivity contribution >= 4 is 11.6 Å². The number of carbonyl (C=O) groups is 1. The van der Waals surface area contributed by atoms with Crippen molar-refractivity contribution in [3.8, 4) is 0 Å². The van der Waals surface area contributed by atoms with Crippen molar-refractivity contribution in [3.05, 3.63) is 29.3 Å². The number of aryl methyl sites for hydroxylation is 2. The predicted octanol–water partition coefficient (Wildman–Crippen LogP) is 1.51. The molecule has 4 heteroatoms. The normalized spacial score (nSPS) is 14.3. The third-order valence-electron chi connectivity index (χ3n) is 3.41. The van der Waals surface area contributed by atoms with Crippen LogP contribution in [0.1, 0.15) is 17.5 Å². The van der Waals surface area contributed by atoms with Gasteiger partial charge < -0.3 is 15.0 Å². The Hall–Kier alpha value is -1.39. The standard InChI is InChI=1S/C15H22N2O2/c1-12-5-6-14-13(10-12)4-3-8-17(14)15(18)11-16-7-9-19-2/h5-6,10,16H,3-4,7-9,11H2,1-2H3. The van der Waals surface area contributed by atoms with Crippen molar-refractivity contribution in [1.82, 2.24) is 5.32 Å². The molecule has 1 aliphatic rings. The van der Waals surface area contributed by atoms with Gasteiger partial charge in [-0.25, -0.2) is 0 Å². The summed E-state index contributed by atoms with van der Waals surface area (Å²) in [6.45, 7) is 4.62. The molecule has 0 unspecified atom stereocenters. The first-order valence-corrected chi connectivity index (χ1v) is 6.82. The van der Waals surface area contributed by atoms with Crippen LogP contribution in [0.25, 0.3) is 0 Å². The fourth-order valence-corrected chi connectivity index (χ4v) is 2.45. The van der Waals surface area contributed by atoms with Crippen LogP contribution in [-0.2, 0) is 16.0 Å². The molecule has 0 saturated heterocycles. The molecule has 0 spiro atoms. The summed E-state index contributed by atoms with van der Waals surface area (Å²) in [5, 5.41) is 3.11. The maximum atomic E-state index is 12.2. The van der Waals surface area contributed by atoms with Crippen LogP contribution in [0.2, 0.25) is 0 Å². The highest BCUT2D eigenvalue weighted by atomic mass is 16.5. The molecule has 1 aromatic carbocycles. The minimum Gasteiger partial charge on any atom is -0.383 e. The molecule has 1 N–H and O–H groups in total. The van der Waals surface area contributed by atoms with E-state index >= 15 is 0 Å². The van der Waals surface area contributed by atoms with Crippen LogP contribution in [-0.4, -0.2) is 39.3 Å². The number of benzene rings is 1. The first-order valence-electron chi connectivity index (χ1n) is 6.82. The van der Waals surface area contributed by atoms with Gasteiger partial charge in [0, 0.05) is 25.9 Å². The number of carbonyl (C=O) groups excluding carboxylic acids is 1. The molecule has 1 aromatic rings. The van der Waals surface area contributed by atoms with E-state index in [-0.39, 0.29) is 5.91 Å². The molecular formula is C15H22N2O2. The second-order valence-electron chi connectivity index (χ2n) is 4.95. The Morgan fingerprint density at radius 1 is 1.47 bits per heavy atom. The van der Waals surface area contributed by atoms with Crippen LogP contribution in [0.5, 0.6) is 0 Å². The second kappa shape index (κ2) is 6.68. The SMILES string of the molecule is COCCNCC(=O)N1CCCc2cc(C)ccc21. The summed E-state index contributed by atoms with van der Waals surface area (Å²) in [5.74, 6) is 0.140. The monoisotopic (exact) mass is 262 g/mol. The van der Waals surface area contributed by atoms with Gasteiger partial charge in [-0.2, -0.15) is 0 Å². The summed E-state index contributed by atoms with van der Waals surface area (Å²) in [6, 6.07) is 6.33. The Morgan fingerprint density at radius 3 is 3.11 bits per heavy atom. The molecule has 104 valence electrons. The zero-order valence-corrected chi connectivity index (χ0v) is 11.7. The number of rotatable bonds is 5. The van der Waals surface area contributed by atoms with E-state index in [4.69, 9.17) is 4.74 Å². The molecule has 0 aliphatic carbocycles. The van der Waals surface area contributed by atoms with Crippen LogP contribution in [0, 0.1) is 6.92 Å². The van der Waals surface area contributed by atoms with Crippen molar-refractivity contribution in [3.63, 3.8) is 0 Å². The molecule has 4 nitrogen and oxygen atoms in total. The van der Waals surface area contributed by atoms with Crippen molar-refractivity contribution in [1.29, 1.82) is 0 Å². The molecule has 0 radical (unpaired) electrons. The third-order valence-corrected chi connectivity index (χ3v) is 3.41. The fraction of sp³-hybridized carbons (Fsp3) is 0.533. The van der Waals surface area contributed by atoms with Crippen molar-refractivity contribution in [2.75, 3.05) is 38.3 Å². The lowest BCUT2D eigenvalue weighted by atomic mass is 9.99. The summed E-state index contributed by atoms with van der Waals surface area (Å²) in [7, 11) is 1.66. The smallest absolute Gasteiger partial charge is 0.240 e. The predicted molar refractivity (Wildman–Crippen MR) is 76.6 cm³/mol. The molecule has 0 atom stereocenters. The van der Waals surface area contributed by atoms with Gasteiger partial charge in [0.15, 0.2) is 0 Å². The Labute approximate surface area is 114 Å². The van der Waals surface area contributed by atoms with E-state index < -0.39 is 0 Å². The number of fused-ring (bicyclic) bond motifs is 1. The number of methoxy groups -OCH3 is 1. The Balaban J connectivity index is 2.00. The molecular weight excluding hydrogens is 240 g/mol. The topological polar surface area (TPSA) is 41.6 Å². The zero-order chi connectivity index (χ0) is 13.7.